The predicted molar refractivity (Wildman–Crippen MR) is 110 cm³/mol. The lowest BCUT2D eigenvalue weighted by Gasteiger charge is -2.39. The molecule has 2 rings (SSSR count). The van der Waals surface area contributed by atoms with Crippen LogP contribution in [0.3, 0.4) is 0 Å². The van der Waals surface area contributed by atoms with Crippen LogP contribution in [-0.2, 0) is 10.3 Å². The largest absolute Gasteiger partial charge is 0.495 e. The van der Waals surface area contributed by atoms with Gasteiger partial charge in [0.1, 0.15) is 5.75 Å². The van der Waals surface area contributed by atoms with Crippen molar-refractivity contribution in [2.24, 2.45) is 5.73 Å². The molecule has 1 heterocycles. The Morgan fingerprint density at radius 1 is 1.37 bits per heavy atom. The van der Waals surface area contributed by atoms with Crippen LogP contribution in [0.5, 0.6) is 5.75 Å². The molecule has 166 valence electrons. The number of halogens is 5. The molecule has 0 atom stereocenters. The molecule has 0 aromatic heterocycles. The first-order chi connectivity index (χ1) is 13.9. The summed E-state index contributed by atoms with van der Waals surface area (Å²) in [6.07, 6.45) is -3.86. The van der Waals surface area contributed by atoms with E-state index in [2.05, 4.69) is 5.32 Å². The molecule has 0 unspecified atom stereocenters. The molecule has 0 bridgehead atoms. The molecule has 1 fully saturated rings. The molecule has 1 aromatic carbocycles. The Balaban J connectivity index is 1.96. The third kappa shape index (κ3) is 5.59. The number of alkyl halides is 3. The van der Waals surface area contributed by atoms with Gasteiger partial charge in [-0.05, 0) is 37.5 Å². The van der Waals surface area contributed by atoms with Crippen molar-refractivity contribution in [3.63, 3.8) is 0 Å². The maximum Gasteiger partial charge on any atom is 0.434 e. The zero-order valence-electron chi connectivity index (χ0n) is 16.5. The molecule has 0 saturated carbocycles. The van der Waals surface area contributed by atoms with Crippen LogP contribution < -0.4 is 15.8 Å². The summed E-state index contributed by atoms with van der Waals surface area (Å²) in [7, 11) is 1.52. The smallest absolute Gasteiger partial charge is 0.434 e. The zero-order chi connectivity index (χ0) is 22.7. The van der Waals surface area contributed by atoms with E-state index in [1.54, 1.807) is 17.0 Å². The van der Waals surface area contributed by atoms with Crippen molar-refractivity contribution < 1.29 is 22.7 Å². The summed E-state index contributed by atoms with van der Waals surface area (Å²) in [4.78, 5) is 14.0. The highest BCUT2D eigenvalue weighted by Crippen LogP contribution is 2.35. The fraction of sp³-hybridized carbons (Fsp3) is 0.474. The highest BCUT2D eigenvalue weighted by molar-refractivity contribution is 6.44. The molecule has 1 aliphatic rings. The quantitative estimate of drug-likeness (QED) is 0.556. The van der Waals surface area contributed by atoms with E-state index in [0.717, 1.165) is 5.56 Å². The molecule has 0 aliphatic carbocycles. The monoisotopic (exact) mass is 466 g/mol. The highest BCUT2D eigenvalue weighted by atomic mass is 35.5. The number of hydrogen-bond acceptors (Lipinski definition) is 5. The number of benzene rings is 1. The van der Waals surface area contributed by atoms with Gasteiger partial charge >= 0.3 is 6.18 Å². The van der Waals surface area contributed by atoms with E-state index in [1.807, 2.05) is 6.07 Å². The number of nitrogens with two attached hydrogens (primary N) is 1. The molecule has 1 aliphatic heterocycles. The van der Waals surface area contributed by atoms with E-state index in [4.69, 9.17) is 39.1 Å². The minimum Gasteiger partial charge on any atom is -0.495 e. The SMILES string of the molecule is COc1cc(C2(N)CCN(C(=O)CN/C(C)=C(/Cl)C(=N)C(F)(F)F)CC2)ccc1Cl. The minimum absolute atomic E-state index is 0.0919. The van der Waals surface area contributed by atoms with Gasteiger partial charge in [-0.1, -0.05) is 29.3 Å². The lowest BCUT2D eigenvalue weighted by atomic mass is 9.82. The minimum atomic E-state index is -4.86. The zero-order valence-corrected chi connectivity index (χ0v) is 18.0. The molecule has 4 N–H and O–H groups in total. The van der Waals surface area contributed by atoms with Crippen molar-refractivity contribution in [2.45, 2.75) is 31.5 Å². The van der Waals surface area contributed by atoms with Crippen molar-refractivity contribution in [1.82, 2.24) is 10.2 Å². The van der Waals surface area contributed by atoms with Crippen LogP contribution in [0.1, 0.15) is 25.3 Å². The summed E-state index contributed by atoms with van der Waals surface area (Å²) in [6, 6.07) is 5.33. The second-order valence-electron chi connectivity index (χ2n) is 7.05. The van der Waals surface area contributed by atoms with E-state index >= 15 is 0 Å². The Labute approximate surface area is 182 Å². The van der Waals surface area contributed by atoms with Crippen molar-refractivity contribution >= 4 is 34.8 Å². The number of piperidine rings is 1. The van der Waals surface area contributed by atoms with Crippen molar-refractivity contribution in [3.8, 4) is 5.75 Å². The molecule has 0 spiro atoms. The van der Waals surface area contributed by atoms with Gasteiger partial charge in [0, 0.05) is 24.3 Å². The third-order valence-electron chi connectivity index (χ3n) is 5.07. The maximum atomic E-state index is 12.6. The molecule has 1 aromatic rings. The summed E-state index contributed by atoms with van der Waals surface area (Å²) in [5.41, 5.74) is 4.99. The van der Waals surface area contributed by atoms with Crippen LogP contribution in [0.4, 0.5) is 13.2 Å². The maximum absolute atomic E-state index is 12.6. The number of hydrogen-bond donors (Lipinski definition) is 3. The van der Waals surface area contributed by atoms with Gasteiger partial charge in [0.05, 0.1) is 23.7 Å². The van der Waals surface area contributed by atoms with Crippen LogP contribution in [0.2, 0.25) is 5.02 Å². The first kappa shape index (κ1) is 24.3. The Hall–Kier alpha value is -1.97. The van der Waals surface area contributed by atoms with Crippen LogP contribution in [-0.4, -0.2) is 49.4 Å². The van der Waals surface area contributed by atoms with Gasteiger partial charge in [-0.2, -0.15) is 13.2 Å². The van der Waals surface area contributed by atoms with E-state index in [-0.39, 0.29) is 18.1 Å². The Kier molecular flexibility index (Phi) is 7.65. The Morgan fingerprint density at radius 3 is 2.50 bits per heavy atom. The van der Waals surface area contributed by atoms with Crippen LogP contribution >= 0.6 is 23.2 Å². The van der Waals surface area contributed by atoms with Crippen LogP contribution in [0, 0.1) is 5.41 Å². The Morgan fingerprint density at radius 2 is 1.97 bits per heavy atom. The lowest BCUT2D eigenvalue weighted by Crippen LogP contribution is -2.51. The summed E-state index contributed by atoms with van der Waals surface area (Å²) in [5, 5.41) is 9.31. The summed E-state index contributed by atoms with van der Waals surface area (Å²) < 4.78 is 42.9. The standard InChI is InChI=1S/C19H23Cl2F3N4O2/c1-11(16(21)17(25)19(22,23)24)27-10-15(29)28-7-5-18(26,6-8-28)12-3-4-13(20)14(9-12)30-2/h3-4,9,25,27H,5-8,10,26H2,1-2H3/b16-11+,25-17?. The van der Waals surface area contributed by atoms with Gasteiger partial charge in [-0.3, -0.25) is 10.2 Å². The second kappa shape index (κ2) is 9.45. The molecule has 1 amide bonds. The molecular weight excluding hydrogens is 444 g/mol. The summed E-state index contributed by atoms with van der Waals surface area (Å²) >= 11 is 11.6. The van der Waals surface area contributed by atoms with Crippen molar-refractivity contribution in [2.75, 3.05) is 26.7 Å². The Bertz CT molecular complexity index is 851. The normalized spacial score (nSPS) is 17.3. The summed E-state index contributed by atoms with van der Waals surface area (Å²) in [5.74, 6) is 0.221. The van der Waals surface area contributed by atoms with E-state index in [0.29, 0.717) is 36.7 Å². The summed E-state index contributed by atoms with van der Waals surface area (Å²) in [6.45, 7) is 1.82. The fourth-order valence-electron chi connectivity index (χ4n) is 3.12. The van der Waals surface area contributed by atoms with E-state index < -0.39 is 22.5 Å². The predicted octanol–water partition coefficient (Wildman–Crippen LogP) is 3.77. The number of nitrogens with one attached hydrogen (secondary N) is 2. The van der Waals surface area contributed by atoms with Gasteiger partial charge in [0.25, 0.3) is 0 Å². The lowest BCUT2D eigenvalue weighted by molar-refractivity contribution is -0.131. The number of ether oxygens (including phenoxy) is 1. The van der Waals surface area contributed by atoms with E-state index in [1.165, 1.54) is 14.0 Å². The number of methoxy groups -OCH3 is 1. The van der Waals surface area contributed by atoms with Crippen LogP contribution in [0.25, 0.3) is 0 Å². The van der Waals surface area contributed by atoms with Crippen molar-refractivity contribution in [1.29, 1.82) is 5.41 Å². The number of likely N-dealkylation sites (tertiary alicyclic amines) is 1. The number of carbonyl (C=O) groups excluding carboxylic acids is 1. The number of allylic oxidation sites excluding steroid dienone is 2. The van der Waals surface area contributed by atoms with Gasteiger partial charge in [-0.25, -0.2) is 0 Å². The first-order valence-electron chi connectivity index (χ1n) is 9.06. The van der Waals surface area contributed by atoms with E-state index in [9.17, 15) is 18.0 Å². The van der Waals surface area contributed by atoms with Gasteiger partial charge < -0.3 is 20.7 Å². The fourth-order valence-corrected chi connectivity index (χ4v) is 3.49. The van der Waals surface area contributed by atoms with Gasteiger partial charge in [-0.15, -0.1) is 0 Å². The van der Waals surface area contributed by atoms with Gasteiger partial charge in [0.2, 0.25) is 5.91 Å². The molecule has 0 radical (unpaired) electrons. The number of rotatable bonds is 6. The van der Waals surface area contributed by atoms with Crippen molar-refractivity contribution in [3.05, 3.63) is 39.5 Å². The number of nitrogens with zero attached hydrogens (tertiary/aromatic N) is 1. The third-order valence-corrected chi connectivity index (χ3v) is 5.86. The highest BCUT2D eigenvalue weighted by Gasteiger charge is 2.37. The van der Waals surface area contributed by atoms with Crippen LogP contribution in [0.15, 0.2) is 28.9 Å². The molecule has 6 nitrogen and oxygen atoms in total. The average molecular weight is 467 g/mol. The van der Waals surface area contributed by atoms with Gasteiger partial charge in [0.15, 0.2) is 5.71 Å². The second-order valence-corrected chi connectivity index (χ2v) is 7.84. The average Bonchev–Trinajstić information content (AvgIpc) is 2.70. The molecular formula is C19H23Cl2F3N4O2. The number of carbonyl (C=O) groups is 1. The molecule has 1 saturated heterocycles. The first-order valence-corrected chi connectivity index (χ1v) is 9.81. The molecule has 30 heavy (non-hydrogen) atoms. The topological polar surface area (TPSA) is 91.4 Å². The number of amides is 1. The molecule has 11 heteroatoms.